The third-order valence-electron chi connectivity index (χ3n) is 9.10. The molecule has 2 saturated carbocycles. The van der Waals surface area contributed by atoms with Gasteiger partial charge in [0.05, 0.1) is 23.0 Å². The third kappa shape index (κ3) is 1.50. The van der Waals surface area contributed by atoms with Crippen LogP contribution in [-0.4, -0.2) is 91.8 Å². The number of esters is 2. The van der Waals surface area contributed by atoms with Gasteiger partial charge in [-0.05, 0) is 5.41 Å². The number of aliphatic hydroxyl groups is 5. The number of hydrogen-bond donors (Lipinski definition) is 5. The highest BCUT2D eigenvalue weighted by atomic mass is 16.8. The zero-order valence-electron chi connectivity index (χ0n) is 17.4. The summed E-state index contributed by atoms with van der Waals surface area (Å²) in [5.41, 5.74) is -9.15. The van der Waals surface area contributed by atoms with E-state index in [4.69, 9.17) is 18.9 Å². The fourth-order valence-electron chi connectivity index (χ4n) is 8.40. The number of hydrogen-bond acceptors (Lipinski definition) is 11. The number of carbonyl (C=O) groups excluding carboxylic acids is 2. The van der Waals surface area contributed by atoms with Gasteiger partial charge in [0.25, 0.3) is 0 Å². The zero-order chi connectivity index (χ0) is 22.7. The molecule has 31 heavy (non-hydrogen) atoms. The molecule has 13 atom stereocenters. The number of aliphatic hydroxyl groups excluding tert-OH is 4. The van der Waals surface area contributed by atoms with Crippen molar-refractivity contribution in [3.8, 4) is 0 Å². The highest BCUT2D eigenvalue weighted by molar-refractivity contribution is 5.91. The second-order valence-electron chi connectivity index (χ2n) is 10.9. The molecule has 0 aromatic carbocycles. The van der Waals surface area contributed by atoms with E-state index in [-0.39, 0.29) is 0 Å². The molecule has 0 aromatic rings. The number of carbonyl (C=O) groups is 2. The Morgan fingerprint density at radius 2 is 1.65 bits per heavy atom. The fraction of sp³-hybridized carbons (Fsp3) is 0.900. The topological polar surface area (TPSA) is 172 Å². The SMILES string of the molecule is C[C@@H]1C(O)OC2[C@H](O)C34C5OC(=O)[C@]3(O[C@@H]3OC(=O)[C@H](O)C34[C@H](C(C)(C)C)[C@H]5O)[C@]21O. The van der Waals surface area contributed by atoms with Crippen LogP contribution in [0.3, 0.4) is 0 Å². The molecule has 4 saturated heterocycles. The Balaban J connectivity index is 1.74. The Morgan fingerprint density at radius 1 is 1.00 bits per heavy atom. The van der Waals surface area contributed by atoms with Crippen molar-refractivity contribution in [2.24, 2.45) is 28.1 Å². The van der Waals surface area contributed by atoms with Gasteiger partial charge in [0.15, 0.2) is 12.4 Å². The molecule has 6 fully saturated rings. The Hall–Kier alpha value is -1.34. The molecule has 0 radical (unpaired) electrons. The van der Waals surface area contributed by atoms with Crippen molar-refractivity contribution < 1.29 is 54.1 Å². The van der Waals surface area contributed by atoms with Crippen molar-refractivity contribution in [2.75, 3.05) is 0 Å². The first-order valence-electron chi connectivity index (χ1n) is 10.5. The molecule has 0 amide bonds. The van der Waals surface area contributed by atoms with Crippen LogP contribution < -0.4 is 0 Å². The molecule has 0 aromatic heterocycles. The fourth-order valence-corrected chi connectivity index (χ4v) is 8.40. The van der Waals surface area contributed by atoms with Crippen LogP contribution >= 0.6 is 0 Å². The smallest absolute Gasteiger partial charge is 0.343 e. The molecule has 11 heteroatoms. The largest absolute Gasteiger partial charge is 0.456 e. The van der Waals surface area contributed by atoms with E-state index >= 15 is 0 Å². The number of fused-ring (bicyclic) bond motifs is 1. The maximum atomic E-state index is 13.4. The lowest BCUT2D eigenvalue weighted by molar-refractivity contribution is -0.240. The average Bonchev–Trinajstić information content (AvgIpc) is 3.35. The number of rotatable bonds is 0. The first-order valence-corrected chi connectivity index (χ1v) is 10.5. The molecule has 11 nitrogen and oxygen atoms in total. The standard InChI is InChI=1S/C20H26O11/c1-5-12(24)28-11-8(22)18-10-6(21)7(16(2,3)4)17(18)9(23)13(25)30-15(17)31-20(18,14(26)29-10)19(5,11)27/h5-12,15,21-24,27H,1-4H3/t5-,6-,7+,8+,9+,10?,11?,12?,15+,17?,18?,19-,20-/m1/s1. The third-order valence-corrected chi connectivity index (χ3v) is 9.10. The van der Waals surface area contributed by atoms with Crippen LogP contribution in [0.1, 0.15) is 27.7 Å². The van der Waals surface area contributed by atoms with E-state index in [0.717, 1.165) is 0 Å². The van der Waals surface area contributed by atoms with Crippen LogP contribution in [0.25, 0.3) is 0 Å². The maximum absolute atomic E-state index is 13.4. The van der Waals surface area contributed by atoms with Crippen molar-refractivity contribution in [2.45, 2.75) is 82.0 Å². The van der Waals surface area contributed by atoms with Crippen LogP contribution in [0.15, 0.2) is 0 Å². The summed E-state index contributed by atoms with van der Waals surface area (Å²) in [7, 11) is 0. The summed E-state index contributed by atoms with van der Waals surface area (Å²) in [5.74, 6) is -4.11. The lowest BCUT2D eigenvalue weighted by Gasteiger charge is -2.47. The molecule has 2 aliphatic carbocycles. The first kappa shape index (κ1) is 20.3. The second kappa shape index (κ2) is 5.09. The van der Waals surface area contributed by atoms with Gasteiger partial charge < -0.3 is 44.5 Å². The lowest BCUT2D eigenvalue weighted by Crippen LogP contribution is -2.67. The van der Waals surface area contributed by atoms with Crippen molar-refractivity contribution >= 4 is 11.9 Å². The monoisotopic (exact) mass is 442 g/mol. The minimum atomic E-state index is -2.33. The minimum Gasteiger partial charge on any atom is -0.456 e. The van der Waals surface area contributed by atoms with E-state index in [0.29, 0.717) is 0 Å². The lowest BCUT2D eigenvalue weighted by atomic mass is 9.51. The summed E-state index contributed by atoms with van der Waals surface area (Å²) in [4.78, 5) is 26.0. The Kier molecular flexibility index (Phi) is 3.33. The van der Waals surface area contributed by atoms with Gasteiger partial charge in [0, 0.05) is 11.8 Å². The van der Waals surface area contributed by atoms with Crippen LogP contribution in [0.4, 0.5) is 0 Å². The molecule has 2 spiro atoms. The molecular weight excluding hydrogens is 416 g/mol. The van der Waals surface area contributed by atoms with Gasteiger partial charge in [0.1, 0.15) is 17.8 Å². The quantitative estimate of drug-likeness (QED) is 0.249. The first-order chi connectivity index (χ1) is 14.3. The predicted octanol–water partition coefficient (Wildman–Crippen LogP) is -2.61. The van der Waals surface area contributed by atoms with E-state index in [1.807, 2.05) is 0 Å². The van der Waals surface area contributed by atoms with Crippen molar-refractivity contribution in [3.05, 3.63) is 0 Å². The van der Waals surface area contributed by atoms with Crippen LogP contribution in [0, 0.1) is 28.1 Å². The molecule has 6 rings (SSSR count). The van der Waals surface area contributed by atoms with Crippen LogP contribution in [0.2, 0.25) is 0 Å². The minimum absolute atomic E-state index is 0.774. The molecule has 6 aliphatic rings. The van der Waals surface area contributed by atoms with Gasteiger partial charge in [-0.2, -0.15) is 0 Å². The van der Waals surface area contributed by atoms with Gasteiger partial charge in [-0.25, -0.2) is 9.59 Å². The predicted molar refractivity (Wildman–Crippen MR) is 94.4 cm³/mol. The van der Waals surface area contributed by atoms with Gasteiger partial charge >= 0.3 is 11.9 Å². The Bertz CT molecular complexity index is 915. The summed E-state index contributed by atoms with van der Waals surface area (Å²) in [6, 6.07) is 0. The van der Waals surface area contributed by atoms with E-state index in [9.17, 15) is 35.1 Å². The van der Waals surface area contributed by atoms with Crippen LogP contribution in [-0.2, 0) is 28.5 Å². The van der Waals surface area contributed by atoms with Crippen molar-refractivity contribution in [3.63, 3.8) is 0 Å². The molecule has 5 unspecified atom stereocenters. The van der Waals surface area contributed by atoms with E-state index in [2.05, 4.69) is 0 Å². The number of ether oxygens (including phenoxy) is 4. The molecule has 0 bridgehead atoms. The highest BCUT2D eigenvalue weighted by Crippen LogP contribution is 2.84. The summed E-state index contributed by atoms with van der Waals surface area (Å²) in [6.45, 7) is 6.77. The second-order valence-corrected chi connectivity index (χ2v) is 10.9. The summed E-state index contributed by atoms with van der Waals surface area (Å²) < 4.78 is 22.5. The molecule has 4 heterocycles. The molecular formula is C20H26O11. The summed E-state index contributed by atoms with van der Waals surface area (Å²) >= 11 is 0. The van der Waals surface area contributed by atoms with E-state index < -0.39 is 94.3 Å². The highest BCUT2D eigenvalue weighted by Gasteiger charge is 3.04. The van der Waals surface area contributed by atoms with Crippen LogP contribution in [0.5, 0.6) is 0 Å². The molecule has 4 aliphatic heterocycles. The van der Waals surface area contributed by atoms with Crippen molar-refractivity contribution in [1.82, 2.24) is 0 Å². The molecule has 172 valence electrons. The van der Waals surface area contributed by atoms with Gasteiger partial charge in [-0.1, -0.05) is 27.7 Å². The average molecular weight is 442 g/mol. The van der Waals surface area contributed by atoms with Gasteiger partial charge in [-0.3, -0.25) is 0 Å². The van der Waals surface area contributed by atoms with Gasteiger partial charge in [-0.15, -0.1) is 0 Å². The normalized spacial score (nSPS) is 63.6. The zero-order valence-corrected chi connectivity index (χ0v) is 17.4. The summed E-state index contributed by atoms with van der Waals surface area (Å²) in [5, 5.41) is 56.5. The molecule has 5 N–H and O–H groups in total. The summed E-state index contributed by atoms with van der Waals surface area (Å²) in [6.07, 6.45) is -10.9. The Labute approximate surface area is 176 Å². The van der Waals surface area contributed by atoms with Gasteiger partial charge in [0.2, 0.25) is 11.9 Å². The van der Waals surface area contributed by atoms with E-state index in [1.54, 1.807) is 20.8 Å². The van der Waals surface area contributed by atoms with Crippen molar-refractivity contribution in [1.29, 1.82) is 0 Å². The Morgan fingerprint density at radius 3 is 2.26 bits per heavy atom. The van der Waals surface area contributed by atoms with E-state index in [1.165, 1.54) is 6.92 Å². The maximum Gasteiger partial charge on any atom is 0.343 e.